The van der Waals surface area contributed by atoms with Crippen LogP contribution < -0.4 is 0 Å². The third-order valence-electron chi connectivity index (χ3n) is 8.94. The van der Waals surface area contributed by atoms with Crippen LogP contribution in [0.1, 0.15) is 72.1 Å². The first-order chi connectivity index (χ1) is 12.2. The van der Waals surface area contributed by atoms with Crippen LogP contribution in [0.15, 0.2) is 24.3 Å². The summed E-state index contributed by atoms with van der Waals surface area (Å²) in [5, 5.41) is 11.2. The molecule has 4 aliphatic rings. The standard InChI is InChI=1S/C23H34O3/c1-5-23(25)13-10-20-18-7-6-16-14-17(26-15(2)24)8-11-21(16,3)19(18)9-12-22(20,23)4/h5-6,17-20,25H,1,7-14H2,2-4H3/t17-,18+,19+,20+,21-,22+,23+/m0/s1. The van der Waals surface area contributed by atoms with E-state index in [0.717, 1.165) is 44.9 Å². The smallest absolute Gasteiger partial charge is 0.302 e. The van der Waals surface area contributed by atoms with Crippen LogP contribution in [0.3, 0.4) is 0 Å². The molecular weight excluding hydrogens is 324 g/mol. The highest BCUT2D eigenvalue weighted by Gasteiger charge is 2.62. The zero-order valence-electron chi connectivity index (χ0n) is 16.6. The number of hydrogen-bond acceptors (Lipinski definition) is 3. The lowest BCUT2D eigenvalue weighted by molar-refractivity contribution is -0.149. The second-order valence-corrected chi connectivity index (χ2v) is 9.86. The molecule has 0 radical (unpaired) electrons. The van der Waals surface area contributed by atoms with Crippen LogP contribution in [0.2, 0.25) is 0 Å². The molecule has 0 heterocycles. The summed E-state index contributed by atoms with van der Waals surface area (Å²) in [6.45, 7) is 10.2. The Bertz CT molecular complexity index is 652. The molecule has 0 bridgehead atoms. The van der Waals surface area contributed by atoms with Crippen molar-refractivity contribution in [1.29, 1.82) is 0 Å². The molecule has 0 aromatic heterocycles. The SMILES string of the molecule is C=C[C@@]1(O)CC[C@@H]2[C@@H]3CC=C4C[C@@H](OC(C)=O)CC[C@]4(C)[C@@H]3CC[C@]21C. The van der Waals surface area contributed by atoms with Crippen LogP contribution in [-0.2, 0) is 9.53 Å². The second kappa shape index (κ2) is 5.95. The van der Waals surface area contributed by atoms with E-state index in [1.54, 1.807) is 0 Å². The summed E-state index contributed by atoms with van der Waals surface area (Å²) in [5.74, 6) is 1.80. The summed E-state index contributed by atoms with van der Waals surface area (Å²) in [7, 11) is 0. The van der Waals surface area contributed by atoms with Gasteiger partial charge >= 0.3 is 5.97 Å². The van der Waals surface area contributed by atoms with E-state index in [2.05, 4.69) is 26.5 Å². The lowest BCUT2D eigenvalue weighted by Gasteiger charge is -2.58. The number of ether oxygens (including phenoxy) is 1. The van der Waals surface area contributed by atoms with E-state index < -0.39 is 5.60 Å². The highest BCUT2D eigenvalue weighted by Crippen LogP contribution is 2.67. The minimum Gasteiger partial charge on any atom is -0.462 e. The highest BCUT2D eigenvalue weighted by molar-refractivity contribution is 5.66. The maximum atomic E-state index is 11.4. The van der Waals surface area contributed by atoms with Gasteiger partial charge in [0.25, 0.3) is 0 Å². The number of allylic oxidation sites excluding steroid dienone is 1. The molecule has 3 fully saturated rings. The van der Waals surface area contributed by atoms with Crippen LogP contribution in [0, 0.1) is 28.6 Å². The lowest BCUT2D eigenvalue weighted by atomic mass is 9.47. The first kappa shape index (κ1) is 18.3. The fourth-order valence-electron chi connectivity index (χ4n) is 7.35. The number of hydrogen-bond donors (Lipinski definition) is 1. The monoisotopic (exact) mass is 358 g/mol. The zero-order valence-corrected chi connectivity index (χ0v) is 16.6. The Hall–Kier alpha value is -1.09. The average Bonchev–Trinajstić information content (AvgIpc) is 2.87. The van der Waals surface area contributed by atoms with Crippen molar-refractivity contribution in [2.24, 2.45) is 28.6 Å². The van der Waals surface area contributed by atoms with Crippen molar-refractivity contribution in [3.05, 3.63) is 24.3 Å². The summed E-state index contributed by atoms with van der Waals surface area (Å²) < 4.78 is 5.52. The Morgan fingerprint density at radius 3 is 2.65 bits per heavy atom. The fraction of sp³-hybridized carbons (Fsp3) is 0.783. The Balaban J connectivity index is 1.61. The quantitative estimate of drug-likeness (QED) is 0.570. The number of esters is 1. The Morgan fingerprint density at radius 1 is 1.23 bits per heavy atom. The van der Waals surface area contributed by atoms with Crippen molar-refractivity contribution in [3.63, 3.8) is 0 Å². The van der Waals surface area contributed by atoms with E-state index in [1.165, 1.54) is 18.9 Å². The van der Waals surface area contributed by atoms with Crippen molar-refractivity contribution in [3.8, 4) is 0 Å². The summed E-state index contributed by atoms with van der Waals surface area (Å²) >= 11 is 0. The van der Waals surface area contributed by atoms with Gasteiger partial charge in [-0.05, 0) is 68.1 Å². The van der Waals surface area contributed by atoms with Gasteiger partial charge in [-0.25, -0.2) is 0 Å². The first-order valence-electron chi connectivity index (χ1n) is 10.5. The van der Waals surface area contributed by atoms with Gasteiger partial charge in [-0.15, -0.1) is 6.58 Å². The largest absolute Gasteiger partial charge is 0.462 e. The molecule has 0 saturated heterocycles. The number of aliphatic hydroxyl groups is 1. The summed E-state index contributed by atoms with van der Waals surface area (Å²) in [6, 6.07) is 0. The van der Waals surface area contributed by atoms with Gasteiger partial charge in [0.2, 0.25) is 0 Å². The highest BCUT2D eigenvalue weighted by atomic mass is 16.5. The lowest BCUT2D eigenvalue weighted by Crippen LogP contribution is -2.54. The van der Waals surface area contributed by atoms with Gasteiger partial charge in [-0.1, -0.05) is 31.6 Å². The molecule has 0 unspecified atom stereocenters. The van der Waals surface area contributed by atoms with Crippen LogP contribution >= 0.6 is 0 Å². The molecule has 3 saturated carbocycles. The predicted octanol–water partition coefficient (Wildman–Crippen LogP) is 4.80. The Morgan fingerprint density at radius 2 is 1.96 bits per heavy atom. The molecule has 3 heteroatoms. The van der Waals surface area contributed by atoms with Gasteiger partial charge in [-0.2, -0.15) is 0 Å². The summed E-state index contributed by atoms with van der Waals surface area (Å²) in [5.41, 5.74) is 1.06. The molecule has 0 aromatic rings. The molecule has 7 atom stereocenters. The van der Waals surface area contributed by atoms with Gasteiger partial charge in [0, 0.05) is 18.8 Å². The fourth-order valence-corrected chi connectivity index (χ4v) is 7.35. The molecule has 0 amide bonds. The zero-order chi connectivity index (χ0) is 18.7. The molecule has 0 aromatic carbocycles. The first-order valence-corrected chi connectivity index (χ1v) is 10.5. The molecule has 144 valence electrons. The maximum absolute atomic E-state index is 11.4. The van der Waals surface area contributed by atoms with Crippen molar-refractivity contribution in [2.45, 2.75) is 83.8 Å². The summed E-state index contributed by atoms with van der Waals surface area (Å²) in [4.78, 5) is 11.4. The number of carbonyl (C=O) groups excluding carboxylic acids is 1. The second-order valence-electron chi connectivity index (χ2n) is 9.86. The third kappa shape index (κ3) is 2.38. The Kier molecular flexibility index (Phi) is 4.19. The molecule has 1 N–H and O–H groups in total. The van der Waals surface area contributed by atoms with Gasteiger partial charge in [0.1, 0.15) is 6.10 Å². The van der Waals surface area contributed by atoms with Crippen LogP contribution in [0.5, 0.6) is 0 Å². The average molecular weight is 359 g/mol. The minimum atomic E-state index is -0.694. The number of carbonyl (C=O) groups is 1. The minimum absolute atomic E-state index is 0.0213. The Labute approximate surface area is 157 Å². The molecule has 0 spiro atoms. The van der Waals surface area contributed by atoms with Gasteiger partial charge < -0.3 is 9.84 Å². The van der Waals surface area contributed by atoms with E-state index >= 15 is 0 Å². The van der Waals surface area contributed by atoms with Crippen LogP contribution in [0.25, 0.3) is 0 Å². The van der Waals surface area contributed by atoms with Crippen LogP contribution in [-0.4, -0.2) is 22.8 Å². The maximum Gasteiger partial charge on any atom is 0.302 e. The van der Waals surface area contributed by atoms with Gasteiger partial charge in [-0.3, -0.25) is 4.79 Å². The van der Waals surface area contributed by atoms with Crippen LogP contribution in [0.4, 0.5) is 0 Å². The molecule has 3 nitrogen and oxygen atoms in total. The summed E-state index contributed by atoms with van der Waals surface area (Å²) in [6.07, 6.45) is 12.8. The predicted molar refractivity (Wildman–Crippen MR) is 102 cm³/mol. The normalized spacial score (nSPS) is 50.1. The van der Waals surface area contributed by atoms with Crippen molar-refractivity contribution >= 4 is 5.97 Å². The van der Waals surface area contributed by atoms with E-state index in [9.17, 15) is 9.90 Å². The van der Waals surface area contributed by atoms with E-state index in [-0.39, 0.29) is 22.9 Å². The third-order valence-corrected chi connectivity index (χ3v) is 8.94. The number of rotatable bonds is 2. The molecule has 0 aliphatic heterocycles. The topological polar surface area (TPSA) is 46.5 Å². The van der Waals surface area contributed by atoms with Gasteiger partial charge in [0.15, 0.2) is 0 Å². The van der Waals surface area contributed by atoms with E-state index in [1.807, 2.05) is 6.08 Å². The van der Waals surface area contributed by atoms with Crippen molar-refractivity contribution < 1.29 is 14.6 Å². The molecule has 4 rings (SSSR count). The number of fused-ring (bicyclic) bond motifs is 5. The van der Waals surface area contributed by atoms with E-state index in [0.29, 0.717) is 17.8 Å². The van der Waals surface area contributed by atoms with Crippen molar-refractivity contribution in [1.82, 2.24) is 0 Å². The molecule has 26 heavy (non-hydrogen) atoms. The van der Waals surface area contributed by atoms with Gasteiger partial charge in [0.05, 0.1) is 5.60 Å². The van der Waals surface area contributed by atoms with Crippen molar-refractivity contribution in [2.75, 3.05) is 0 Å². The molecule has 4 aliphatic carbocycles. The van der Waals surface area contributed by atoms with E-state index in [4.69, 9.17) is 4.74 Å². The molecular formula is C23H34O3.